The van der Waals surface area contributed by atoms with Gasteiger partial charge in [0.05, 0.1) is 0 Å². The Labute approximate surface area is 103 Å². The molecule has 0 aliphatic carbocycles. The number of hydrogen-bond acceptors (Lipinski definition) is 2. The fourth-order valence-electron chi connectivity index (χ4n) is 1.42. The third-order valence-corrected chi connectivity index (χ3v) is 2.73. The molecule has 0 spiro atoms. The Morgan fingerprint density at radius 3 is 2.62 bits per heavy atom. The quantitative estimate of drug-likeness (QED) is 0.601. The Morgan fingerprint density at radius 1 is 1.31 bits per heavy atom. The Bertz CT molecular complexity index is 313. The molecule has 16 heavy (non-hydrogen) atoms. The zero-order valence-corrected chi connectivity index (χ0v) is 10.7. The van der Waals surface area contributed by atoms with E-state index in [4.69, 9.17) is 12.2 Å². The predicted octanol–water partition coefficient (Wildman–Crippen LogP) is 1.61. The van der Waals surface area contributed by atoms with Gasteiger partial charge in [0, 0.05) is 32.9 Å². The average molecular weight is 237 g/mol. The lowest BCUT2D eigenvalue weighted by atomic mass is 10.3. The Hall–Kier alpha value is -1.29. The molecule has 3 nitrogen and oxygen atoms in total. The number of para-hydroxylation sites is 1. The van der Waals surface area contributed by atoms with E-state index in [2.05, 4.69) is 46.8 Å². The van der Waals surface area contributed by atoms with Crippen molar-refractivity contribution >= 4 is 23.0 Å². The van der Waals surface area contributed by atoms with Crippen molar-refractivity contribution in [2.75, 3.05) is 32.1 Å². The minimum absolute atomic E-state index is 0.711. The van der Waals surface area contributed by atoms with Gasteiger partial charge in [-0.3, -0.25) is 0 Å². The summed E-state index contributed by atoms with van der Waals surface area (Å²) >= 11 is 4.99. The van der Waals surface area contributed by atoms with E-state index in [0.29, 0.717) is 5.11 Å². The first-order valence-corrected chi connectivity index (χ1v) is 5.86. The summed E-state index contributed by atoms with van der Waals surface area (Å²) in [4.78, 5) is 2.24. The van der Waals surface area contributed by atoms with E-state index in [0.717, 1.165) is 19.5 Å². The van der Waals surface area contributed by atoms with Crippen molar-refractivity contribution in [3.05, 3.63) is 30.3 Å². The monoisotopic (exact) mass is 237 g/mol. The first kappa shape index (κ1) is 12.8. The van der Waals surface area contributed by atoms with Gasteiger partial charge in [-0.1, -0.05) is 18.2 Å². The summed E-state index contributed by atoms with van der Waals surface area (Å²) in [6.45, 7) is 1.92. The van der Waals surface area contributed by atoms with Crippen molar-refractivity contribution in [1.82, 2.24) is 10.6 Å². The largest absolute Gasteiger partial charge is 0.375 e. The van der Waals surface area contributed by atoms with Gasteiger partial charge in [0.1, 0.15) is 0 Å². The summed E-state index contributed by atoms with van der Waals surface area (Å²) < 4.78 is 0. The van der Waals surface area contributed by atoms with Crippen molar-refractivity contribution in [2.24, 2.45) is 0 Å². The number of nitrogens with one attached hydrogen (secondary N) is 2. The highest BCUT2D eigenvalue weighted by molar-refractivity contribution is 7.80. The molecule has 0 atom stereocenters. The molecule has 0 aromatic heterocycles. The van der Waals surface area contributed by atoms with E-state index >= 15 is 0 Å². The summed E-state index contributed by atoms with van der Waals surface area (Å²) in [7, 11) is 3.93. The average Bonchev–Trinajstić information content (AvgIpc) is 2.35. The van der Waals surface area contributed by atoms with E-state index in [1.807, 2.05) is 13.1 Å². The lowest BCUT2D eigenvalue weighted by molar-refractivity contribution is 0.748. The van der Waals surface area contributed by atoms with Crippen LogP contribution in [0.2, 0.25) is 0 Å². The van der Waals surface area contributed by atoms with Crippen LogP contribution >= 0.6 is 12.2 Å². The van der Waals surface area contributed by atoms with Gasteiger partial charge in [-0.25, -0.2) is 0 Å². The maximum Gasteiger partial charge on any atom is 0.166 e. The van der Waals surface area contributed by atoms with Crippen LogP contribution in [0.1, 0.15) is 6.42 Å². The SMILES string of the molecule is CNC(=S)NCCCN(C)c1ccccc1. The second-order valence-corrected chi connectivity index (χ2v) is 4.02. The van der Waals surface area contributed by atoms with E-state index in [-0.39, 0.29) is 0 Å². The summed E-state index contributed by atoms with van der Waals surface area (Å²) in [6.07, 6.45) is 1.06. The van der Waals surface area contributed by atoms with Gasteiger partial charge in [0.25, 0.3) is 0 Å². The lowest BCUT2D eigenvalue weighted by Crippen LogP contribution is -2.34. The van der Waals surface area contributed by atoms with E-state index in [1.165, 1.54) is 5.69 Å². The van der Waals surface area contributed by atoms with Gasteiger partial charge in [-0.2, -0.15) is 0 Å². The van der Waals surface area contributed by atoms with E-state index < -0.39 is 0 Å². The van der Waals surface area contributed by atoms with Crippen LogP contribution in [0, 0.1) is 0 Å². The molecule has 4 heteroatoms. The molecule has 0 radical (unpaired) electrons. The maximum absolute atomic E-state index is 4.99. The number of benzene rings is 1. The first-order chi connectivity index (χ1) is 7.74. The standard InChI is InChI=1S/C12H19N3S/c1-13-12(16)14-9-6-10-15(2)11-7-4-3-5-8-11/h3-5,7-8H,6,9-10H2,1-2H3,(H2,13,14,16). The molecule has 0 saturated heterocycles. The highest BCUT2D eigenvalue weighted by Gasteiger charge is 1.98. The predicted molar refractivity (Wildman–Crippen MR) is 74.0 cm³/mol. The van der Waals surface area contributed by atoms with Gasteiger partial charge in [0.2, 0.25) is 0 Å². The molecule has 0 amide bonds. The second kappa shape index (κ2) is 7.06. The van der Waals surface area contributed by atoms with Crippen LogP contribution in [-0.4, -0.2) is 32.3 Å². The molecule has 0 heterocycles. The topological polar surface area (TPSA) is 27.3 Å². The van der Waals surface area contributed by atoms with Crippen LogP contribution < -0.4 is 15.5 Å². The fraction of sp³-hybridized carbons (Fsp3) is 0.417. The van der Waals surface area contributed by atoms with Crippen LogP contribution in [0.3, 0.4) is 0 Å². The molecule has 0 aliphatic heterocycles. The van der Waals surface area contributed by atoms with E-state index in [1.54, 1.807) is 0 Å². The number of hydrogen-bond donors (Lipinski definition) is 2. The summed E-state index contributed by atoms with van der Waals surface area (Å²) in [6, 6.07) is 10.4. The van der Waals surface area contributed by atoms with Crippen molar-refractivity contribution < 1.29 is 0 Å². The summed E-state index contributed by atoms with van der Waals surface area (Å²) in [5.74, 6) is 0. The molecule has 0 bridgehead atoms. The third kappa shape index (κ3) is 4.49. The normalized spacial score (nSPS) is 9.62. The molecular formula is C12H19N3S. The summed E-state index contributed by atoms with van der Waals surface area (Å²) in [5.41, 5.74) is 1.25. The molecular weight excluding hydrogens is 218 g/mol. The third-order valence-electron chi connectivity index (χ3n) is 2.38. The fourth-order valence-corrected chi connectivity index (χ4v) is 1.52. The van der Waals surface area contributed by atoms with E-state index in [9.17, 15) is 0 Å². The number of thiocarbonyl (C=S) groups is 1. The van der Waals surface area contributed by atoms with Gasteiger partial charge in [-0.05, 0) is 30.8 Å². The van der Waals surface area contributed by atoms with Crippen LogP contribution in [0.15, 0.2) is 30.3 Å². The second-order valence-electron chi connectivity index (χ2n) is 3.62. The smallest absolute Gasteiger partial charge is 0.166 e. The minimum Gasteiger partial charge on any atom is -0.375 e. The molecule has 0 fully saturated rings. The number of anilines is 1. The van der Waals surface area contributed by atoms with Crippen LogP contribution in [0.25, 0.3) is 0 Å². The molecule has 1 aromatic carbocycles. The zero-order valence-electron chi connectivity index (χ0n) is 9.86. The van der Waals surface area contributed by atoms with Gasteiger partial charge < -0.3 is 15.5 Å². The summed E-state index contributed by atoms with van der Waals surface area (Å²) in [5, 5.41) is 6.73. The van der Waals surface area contributed by atoms with Crippen LogP contribution in [-0.2, 0) is 0 Å². The van der Waals surface area contributed by atoms with Gasteiger partial charge >= 0.3 is 0 Å². The molecule has 0 unspecified atom stereocenters. The molecule has 0 aliphatic rings. The Kier molecular flexibility index (Phi) is 5.64. The Morgan fingerprint density at radius 2 is 2.00 bits per heavy atom. The highest BCUT2D eigenvalue weighted by atomic mass is 32.1. The molecule has 1 aromatic rings. The van der Waals surface area contributed by atoms with Crippen molar-refractivity contribution in [3.8, 4) is 0 Å². The van der Waals surface area contributed by atoms with Crippen molar-refractivity contribution in [3.63, 3.8) is 0 Å². The number of nitrogens with zero attached hydrogens (tertiary/aromatic N) is 1. The molecule has 0 saturated carbocycles. The lowest BCUT2D eigenvalue weighted by Gasteiger charge is -2.19. The number of rotatable bonds is 5. The van der Waals surface area contributed by atoms with Crippen LogP contribution in [0.5, 0.6) is 0 Å². The zero-order chi connectivity index (χ0) is 11.8. The van der Waals surface area contributed by atoms with Crippen molar-refractivity contribution in [2.45, 2.75) is 6.42 Å². The molecule has 88 valence electrons. The maximum atomic E-state index is 4.99. The van der Waals surface area contributed by atoms with Crippen molar-refractivity contribution in [1.29, 1.82) is 0 Å². The molecule has 2 N–H and O–H groups in total. The Balaban J connectivity index is 2.21. The van der Waals surface area contributed by atoms with Gasteiger partial charge in [0.15, 0.2) is 5.11 Å². The molecule has 1 rings (SSSR count). The van der Waals surface area contributed by atoms with Gasteiger partial charge in [-0.15, -0.1) is 0 Å². The minimum atomic E-state index is 0.711. The highest BCUT2D eigenvalue weighted by Crippen LogP contribution is 2.10. The van der Waals surface area contributed by atoms with Crippen LogP contribution in [0.4, 0.5) is 5.69 Å². The first-order valence-electron chi connectivity index (χ1n) is 5.46.